The van der Waals surface area contributed by atoms with Crippen LogP contribution in [-0.4, -0.2) is 32.2 Å². The van der Waals surface area contributed by atoms with E-state index in [-0.39, 0.29) is 0 Å². The van der Waals surface area contributed by atoms with Crippen molar-refractivity contribution in [3.63, 3.8) is 0 Å². The molecule has 0 aromatic carbocycles. The second-order valence-corrected chi connectivity index (χ2v) is 4.31. The summed E-state index contributed by atoms with van der Waals surface area (Å²) < 4.78 is 7.13. The third-order valence-electron chi connectivity index (χ3n) is 1.08. The topological polar surface area (TPSA) is 97.5 Å². The van der Waals surface area contributed by atoms with Crippen LogP contribution in [0.5, 0.6) is 0 Å². The van der Waals surface area contributed by atoms with E-state index in [2.05, 4.69) is 44.5 Å². The van der Waals surface area contributed by atoms with Crippen molar-refractivity contribution in [2.45, 2.75) is 6.92 Å². The zero-order valence-electron chi connectivity index (χ0n) is 8.22. The minimum atomic E-state index is -0.959. The fourth-order valence-electron chi connectivity index (χ4n) is 0.0454. The number of quaternary nitrogens is 1. The van der Waals surface area contributed by atoms with Crippen molar-refractivity contribution in [3.8, 4) is 0 Å². The third-order valence-corrected chi connectivity index (χ3v) is 1.86. The molecular weight excluding hydrogens is 285 g/mol. The molecule has 0 radical (unpaired) electrons. The molecule has 0 spiro atoms. The van der Waals surface area contributed by atoms with Crippen molar-refractivity contribution < 1.29 is 26.2 Å². The molecule has 0 heterocycles. The molecule has 0 aromatic rings. The molecular formula is C5H14IN7. The number of hydrogen-bond donors (Lipinski definition) is 0. The molecule has 0 aliphatic rings. The molecule has 0 fully saturated rings. The first-order chi connectivity index (χ1) is 5.97. The maximum atomic E-state index is 7.60. The quantitative estimate of drug-likeness (QED) is 0.215. The normalized spacial score (nSPS) is 8.92. The van der Waals surface area contributed by atoms with Crippen LogP contribution in [0.2, 0.25) is 0 Å². The molecule has 7 nitrogen and oxygen atoms in total. The van der Waals surface area contributed by atoms with Crippen LogP contribution in [0.3, 0.4) is 0 Å². The summed E-state index contributed by atoms with van der Waals surface area (Å²) in [5.41, 5.74) is 15.2. The monoisotopic (exact) mass is 299 g/mol. The Hall–Kier alpha value is -0.690. The molecule has 0 N–H and O–H groups in total. The molecule has 0 aliphatic carbocycles. The SMILES string of the molecule is CC[N+](C)(C)C.[N-]=[N+]=N[I-]N=[N+]=[N-]. The fraction of sp³-hybridized carbons (Fsp3) is 1.00. The standard InChI is InChI=1S/C5H14N.IN6/c1-5-6(2,3)4;2-6-4-1-5-7-3/h5H2,1-4H3;/q+1;-1. The van der Waals surface area contributed by atoms with E-state index in [1.807, 2.05) is 0 Å². The van der Waals surface area contributed by atoms with Gasteiger partial charge in [0.2, 0.25) is 0 Å². The Morgan fingerprint density at radius 2 is 1.46 bits per heavy atom. The summed E-state index contributed by atoms with van der Waals surface area (Å²) in [6.07, 6.45) is 0. The zero-order valence-corrected chi connectivity index (χ0v) is 10.4. The fourth-order valence-corrected chi connectivity index (χ4v) is 0.304. The first-order valence-corrected chi connectivity index (χ1v) is 5.43. The van der Waals surface area contributed by atoms with Gasteiger partial charge >= 0.3 is 49.3 Å². The molecule has 0 amide bonds. The van der Waals surface area contributed by atoms with Crippen molar-refractivity contribution in [2.75, 3.05) is 27.7 Å². The third kappa shape index (κ3) is 24.6. The van der Waals surface area contributed by atoms with Crippen LogP contribution < -0.4 is 21.8 Å². The second kappa shape index (κ2) is 9.40. The Bertz CT molecular complexity index is 191. The Balaban J connectivity index is 0. The Kier molecular flexibility index (Phi) is 10.7. The van der Waals surface area contributed by atoms with E-state index in [0.29, 0.717) is 0 Å². The van der Waals surface area contributed by atoms with Crippen molar-refractivity contribution in [3.05, 3.63) is 20.9 Å². The number of nitrogens with zero attached hydrogens (tertiary/aromatic N) is 7. The van der Waals surface area contributed by atoms with Crippen LogP contribution in [0.4, 0.5) is 0 Å². The van der Waals surface area contributed by atoms with E-state index in [9.17, 15) is 0 Å². The predicted octanol–water partition coefficient (Wildman–Crippen LogP) is -0.761. The Morgan fingerprint density at radius 3 is 1.62 bits per heavy atom. The van der Waals surface area contributed by atoms with E-state index in [1.165, 1.54) is 6.54 Å². The van der Waals surface area contributed by atoms with Crippen LogP contribution >= 0.6 is 0 Å². The summed E-state index contributed by atoms with van der Waals surface area (Å²) in [4.78, 5) is 4.76. The minimum absolute atomic E-state index is 0.959. The summed E-state index contributed by atoms with van der Waals surface area (Å²) >= 11 is -0.959. The van der Waals surface area contributed by atoms with Crippen molar-refractivity contribution in [1.29, 1.82) is 0 Å². The number of halogens is 1. The number of hydrogen-bond acceptors (Lipinski definition) is 2. The van der Waals surface area contributed by atoms with Crippen LogP contribution in [0.1, 0.15) is 6.92 Å². The van der Waals surface area contributed by atoms with Crippen molar-refractivity contribution in [1.82, 2.24) is 0 Å². The summed E-state index contributed by atoms with van der Waals surface area (Å²) in [5.74, 6) is 0. The zero-order chi connectivity index (χ0) is 10.7. The molecule has 0 aliphatic heterocycles. The van der Waals surface area contributed by atoms with E-state index >= 15 is 0 Å². The van der Waals surface area contributed by atoms with Crippen LogP contribution in [0.15, 0.2) is 6.66 Å². The van der Waals surface area contributed by atoms with Crippen molar-refractivity contribution in [2.24, 2.45) is 6.66 Å². The molecule has 8 heteroatoms. The van der Waals surface area contributed by atoms with Gasteiger partial charge in [0, 0.05) is 0 Å². The van der Waals surface area contributed by atoms with Crippen LogP contribution in [0.25, 0.3) is 20.9 Å². The molecule has 0 aromatic heterocycles. The molecule has 0 unspecified atom stereocenters. The average Bonchev–Trinajstić information content (AvgIpc) is 2.06. The van der Waals surface area contributed by atoms with Gasteiger partial charge in [-0.25, -0.2) is 0 Å². The predicted molar refractivity (Wildman–Crippen MR) is 46.9 cm³/mol. The van der Waals surface area contributed by atoms with Crippen molar-refractivity contribution >= 4 is 0 Å². The van der Waals surface area contributed by atoms with Gasteiger partial charge in [-0.15, -0.1) is 0 Å². The Labute approximate surface area is 88.5 Å². The van der Waals surface area contributed by atoms with E-state index in [0.717, 1.165) is 4.48 Å². The molecule has 0 atom stereocenters. The van der Waals surface area contributed by atoms with Gasteiger partial charge in [0.25, 0.3) is 0 Å². The number of azide groups is 1. The summed E-state index contributed by atoms with van der Waals surface area (Å²) in [7, 11) is 6.54. The Morgan fingerprint density at radius 1 is 1.15 bits per heavy atom. The first-order valence-electron chi connectivity index (χ1n) is 3.50. The average molecular weight is 299 g/mol. The van der Waals surface area contributed by atoms with Gasteiger partial charge in [0.1, 0.15) is 0 Å². The van der Waals surface area contributed by atoms with Gasteiger partial charge in [-0.2, -0.15) is 0 Å². The summed E-state index contributed by atoms with van der Waals surface area (Å²) in [6, 6.07) is 0. The van der Waals surface area contributed by atoms with E-state index in [1.54, 1.807) is 0 Å². The van der Waals surface area contributed by atoms with Gasteiger partial charge in [-0.05, 0) is 6.92 Å². The molecule has 13 heavy (non-hydrogen) atoms. The number of rotatable bonds is 3. The molecule has 76 valence electrons. The molecule has 0 rings (SSSR count). The van der Waals surface area contributed by atoms with Gasteiger partial charge in [-0.3, -0.25) is 0 Å². The van der Waals surface area contributed by atoms with Gasteiger partial charge < -0.3 is 4.48 Å². The summed E-state index contributed by atoms with van der Waals surface area (Å²) in [5, 5.41) is 0. The van der Waals surface area contributed by atoms with Crippen LogP contribution in [0, 0.1) is 0 Å². The van der Waals surface area contributed by atoms with Crippen LogP contribution in [-0.2, 0) is 0 Å². The molecule has 0 saturated heterocycles. The first kappa shape index (κ1) is 14.8. The van der Waals surface area contributed by atoms with Gasteiger partial charge in [0.05, 0.1) is 27.7 Å². The van der Waals surface area contributed by atoms with E-state index < -0.39 is 21.8 Å². The van der Waals surface area contributed by atoms with E-state index in [4.69, 9.17) is 11.1 Å². The van der Waals surface area contributed by atoms with Gasteiger partial charge in [0.15, 0.2) is 0 Å². The second-order valence-electron chi connectivity index (χ2n) is 3.01. The maximum absolute atomic E-state index is 7.60. The summed E-state index contributed by atoms with van der Waals surface area (Å²) in [6.45, 7) is 3.39. The van der Waals surface area contributed by atoms with Gasteiger partial charge in [-0.1, -0.05) is 0 Å². The molecule has 0 saturated carbocycles. The molecule has 0 bridgehead atoms.